The molecule has 0 heterocycles. The first-order chi connectivity index (χ1) is 8.26. The Morgan fingerprint density at radius 3 is 2.71 bits per heavy atom. The monoisotopic (exact) mass is 234 g/mol. The first-order valence-electron chi connectivity index (χ1n) is 5.74. The highest BCUT2D eigenvalue weighted by atomic mass is 16.7. The Bertz CT molecular complexity index is 346. The predicted molar refractivity (Wildman–Crippen MR) is 66.5 cm³/mol. The molecule has 0 bridgehead atoms. The molecule has 0 aliphatic heterocycles. The van der Waals surface area contributed by atoms with Gasteiger partial charge in [0.25, 0.3) is 0 Å². The molecule has 0 spiro atoms. The van der Waals surface area contributed by atoms with Crippen molar-refractivity contribution in [1.29, 1.82) is 0 Å². The summed E-state index contributed by atoms with van der Waals surface area (Å²) in [6.45, 7) is 5.75. The van der Waals surface area contributed by atoms with Gasteiger partial charge < -0.3 is 9.47 Å². The summed E-state index contributed by atoms with van der Waals surface area (Å²) in [4.78, 5) is 11.1. The number of aryl methyl sites for hydroxylation is 1. The van der Waals surface area contributed by atoms with Crippen LogP contribution in [0.5, 0.6) is 0 Å². The van der Waals surface area contributed by atoms with Crippen LogP contribution in [0, 0.1) is 0 Å². The second kappa shape index (κ2) is 7.63. The number of benzene rings is 1. The van der Waals surface area contributed by atoms with Crippen molar-refractivity contribution in [1.82, 2.24) is 0 Å². The zero-order valence-corrected chi connectivity index (χ0v) is 10.1. The van der Waals surface area contributed by atoms with Crippen LogP contribution in [0.15, 0.2) is 43.0 Å². The number of ether oxygens (including phenoxy) is 2. The fourth-order valence-corrected chi connectivity index (χ4v) is 1.47. The number of esters is 1. The van der Waals surface area contributed by atoms with Gasteiger partial charge in [0.05, 0.1) is 0 Å². The molecule has 92 valence electrons. The predicted octanol–water partition coefficient (Wildman–Crippen LogP) is 2.71. The SMILES string of the molecule is C=CC(=O)OC(CCc1ccccc1)OCC. The Morgan fingerprint density at radius 2 is 2.12 bits per heavy atom. The lowest BCUT2D eigenvalue weighted by Crippen LogP contribution is -2.21. The smallest absolute Gasteiger partial charge is 0.332 e. The molecule has 0 aliphatic rings. The highest BCUT2D eigenvalue weighted by Crippen LogP contribution is 2.09. The van der Waals surface area contributed by atoms with E-state index in [2.05, 4.69) is 6.58 Å². The molecule has 1 rings (SSSR count). The van der Waals surface area contributed by atoms with E-state index in [1.807, 2.05) is 37.3 Å². The van der Waals surface area contributed by atoms with Gasteiger partial charge in [-0.15, -0.1) is 0 Å². The Morgan fingerprint density at radius 1 is 1.41 bits per heavy atom. The highest BCUT2D eigenvalue weighted by Gasteiger charge is 2.12. The van der Waals surface area contributed by atoms with Gasteiger partial charge in [-0.05, 0) is 18.9 Å². The maximum Gasteiger partial charge on any atom is 0.332 e. The molecule has 0 saturated carbocycles. The molecule has 0 saturated heterocycles. The summed E-state index contributed by atoms with van der Waals surface area (Å²) in [5, 5.41) is 0. The normalized spacial score (nSPS) is 11.8. The molecule has 0 amide bonds. The van der Waals surface area contributed by atoms with Crippen LogP contribution in [0.25, 0.3) is 0 Å². The van der Waals surface area contributed by atoms with E-state index < -0.39 is 12.3 Å². The van der Waals surface area contributed by atoms with Crippen LogP contribution in [0.4, 0.5) is 0 Å². The Hall–Kier alpha value is -1.61. The summed E-state index contributed by atoms with van der Waals surface area (Å²) in [5.41, 5.74) is 1.20. The maximum atomic E-state index is 11.1. The Balaban J connectivity index is 2.44. The summed E-state index contributed by atoms with van der Waals surface area (Å²) in [7, 11) is 0. The van der Waals surface area contributed by atoms with Gasteiger partial charge in [-0.3, -0.25) is 0 Å². The first kappa shape index (κ1) is 13.5. The molecule has 1 aromatic carbocycles. The molecule has 0 radical (unpaired) electrons. The third-order valence-electron chi connectivity index (χ3n) is 2.28. The summed E-state index contributed by atoms with van der Waals surface area (Å²) in [6.07, 6.45) is 2.12. The number of hydrogen-bond acceptors (Lipinski definition) is 3. The zero-order chi connectivity index (χ0) is 12.5. The van der Waals surface area contributed by atoms with Crippen molar-refractivity contribution in [3.05, 3.63) is 48.6 Å². The first-order valence-corrected chi connectivity index (χ1v) is 5.74. The van der Waals surface area contributed by atoms with Crippen molar-refractivity contribution in [3.63, 3.8) is 0 Å². The van der Waals surface area contributed by atoms with Crippen molar-refractivity contribution in [3.8, 4) is 0 Å². The summed E-state index contributed by atoms with van der Waals surface area (Å²) in [6, 6.07) is 10.0. The lowest BCUT2D eigenvalue weighted by Gasteiger charge is -2.16. The molecular weight excluding hydrogens is 216 g/mol. The van der Waals surface area contributed by atoms with Gasteiger partial charge in [-0.25, -0.2) is 4.79 Å². The summed E-state index contributed by atoms with van der Waals surface area (Å²) >= 11 is 0. The highest BCUT2D eigenvalue weighted by molar-refractivity contribution is 5.81. The van der Waals surface area contributed by atoms with Crippen LogP contribution in [-0.2, 0) is 20.7 Å². The van der Waals surface area contributed by atoms with E-state index in [9.17, 15) is 4.79 Å². The van der Waals surface area contributed by atoms with Crippen LogP contribution < -0.4 is 0 Å². The van der Waals surface area contributed by atoms with Gasteiger partial charge in [0.15, 0.2) is 0 Å². The van der Waals surface area contributed by atoms with Crippen LogP contribution in [-0.4, -0.2) is 18.9 Å². The maximum absolute atomic E-state index is 11.1. The average Bonchev–Trinajstić information content (AvgIpc) is 2.37. The molecule has 17 heavy (non-hydrogen) atoms. The van der Waals surface area contributed by atoms with E-state index in [1.165, 1.54) is 5.56 Å². The molecule has 0 fully saturated rings. The number of carbonyl (C=O) groups excluding carboxylic acids is 1. The van der Waals surface area contributed by atoms with E-state index in [0.29, 0.717) is 13.0 Å². The second-order valence-electron chi connectivity index (χ2n) is 3.55. The molecule has 1 unspecified atom stereocenters. The van der Waals surface area contributed by atoms with Crippen molar-refractivity contribution in [2.45, 2.75) is 26.1 Å². The van der Waals surface area contributed by atoms with Crippen LogP contribution in [0.2, 0.25) is 0 Å². The standard InChI is InChI=1S/C14H18O3/c1-3-13(15)17-14(16-4-2)11-10-12-8-6-5-7-9-12/h3,5-9,14H,1,4,10-11H2,2H3. The minimum Gasteiger partial charge on any atom is -0.433 e. The van der Waals surface area contributed by atoms with E-state index in [0.717, 1.165) is 12.5 Å². The molecular formula is C14H18O3. The average molecular weight is 234 g/mol. The third-order valence-corrected chi connectivity index (χ3v) is 2.28. The van der Waals surface area contributed by atoms with Gasteiger partial charge in [0, 0.05) is 19.1 Å². The fraction of sp³-hybridized carbons (Fsp3) is 0.357. The molecule has 1 aromatic rings. The lowest BCUT2D eigenvalue weighted by atomic mass is 10.1. The minimum absolute atomic E-state index is 0.448. The summed E-state index contributed by atoms with van der Waals surface area (Å²) < 4.78 is 10.4. The number of carbonyl (C=O) groups is 1. The fourth-order valence-electron chi connectivity index (χ4n) is 1.47. The molecule has 0 aromatic heterocycles. The van der Waals surface area contributed by atoms with Crippen LogP contribution in [0.3, 0.4) is 0 Å². The molecule has 0 aliphatic carbocycles. The second-order valence-corrected chi connectivity index (χ2v) is 3.55. The van der Waals surface area contributed by atoms with E-state index >= 15 is 0 Å². The zero-order valence-electron chi connectivity index (χ0n) is 10.1. The van der Waals surface area contributed by atoms with E-state index in [1.54, 1.807) is 0 Å². The number of rotatable bonds is 7. The molecule has 3 nitrogen and oxygen atoms in total. The van der Waals surface area contributed by atoms with Crippen molar-refractivity contribution in [2.24, 2.45) is 0 Å². The Kier molecular flexibility index (Phi) is 6.04. The topological polar surface area (TPSA) is 35.5 Å². The van der Waals surface area contributed by atoms with Crippen LogP contribution >= 0.6 is 0 Å². The van der Waals surface area contributed by atoms with Crippen molar-refractivity contribution >= 4 is 5.97 Å². The Labute approximate surface area is 102 Å². The van der Waals surface area contributed by atoms with Gasteiger partial charge in [-0.2, -0.15) is 0 Å². The number of hydrogen-bond donors (Lipinski definition) is 0. The van der Waals surface area contributed by atoms with Gasteiger partial charge in [-0.1, -0.05) is 36.9 Å². The van der Waals surface area contributed by atoms with Crippen molar-refractivity contribution in [2.75, 3.05) is 6.61 Å². The largest absolute Gasteiger partial charge is 0.433 e. The molecule has 3 heteroatoms. The third kappa shape index (κ3) is 5.31. The molecule has 1 atom stereocenters. The van der Waals surface area contributed by atoms with Gasteiger partial charge in [0.2, 0.25) is 6.29 Å². The van der Waals surface area contributed by atoms with Gasteiger partial charge in [0.1, 0.15) is 0 Å². The van der Waals surface area contributed by atoms with E-state index in [4.69, 9.17) is 9.47 Å². The van der Waals surface area contributed by atoms with Gasteiger partial charge >= 0.3 is 5.97 Å². The van der Waals surface area contributed by atoms with Crippen LogP contribution in [0.1, 0.15) is 18.9 Å². The summed E-state index contributed by atoms with van der Waals surface area (Å²) in [5.74, 6) is -0.448. The van der Waals surface area contributed by atoms with Crippen molar-refractivity contribution < 1.29 is 14.3 Å². The lowest BCUT2D eigenvalue weighted by molar-refractivity contribution is -0.173. The molecule has 0 N–H and O–H groups in total. The minimum atomic E-state index is -0.495. The van der Waals surface area contributed by atoms with E-state index in [-0.39, 0.29) is 0 Å². The quantitative estimate of drug-likeness (QED) is 0.413.